The second kappa shape index (κ2) is 6.24. The molecule has 0 aromatic heterocycles. The lowest BCUT2D eigenvalue weighted by Crippen LogP contribution is -2.44. The summed E-state index contributed by atoms with van der Waals surface area (Å²) in [6.07, 6.45) is 0.471. The van der Waals surface area contributed by atoms with Crippen LogP contribution in [0.5, 0.6) is 0 Å². The molecule has 0 N–H and O–H groups in total. The monoisotopic (exact) mass is 309 g/mol. The van der Waals surface area contributed by atoms with Crippen LogP contribution in [0, 0.1) is 0 Å². The van der Waals surface area contributed by atoms with Crippen molar-refractivity contribution in [1.29, 1.82) is 0 Å². The van der Waals surface area contributed by atoms with Crippen molar-refractivity contribution >= 4 is 11.9 Å². The molecule has 118 valence electrons. The fourth-order valence-electron chi connectivity index (χ4n) is 2.91. The van der Waals surface area contributed by atoms with Crippen molar-refractivity contribution in [1.82, 2.24) is 0 Å². The van der Waals surface area contributed by atoms with Gasteiger partial charge < -0.3 is 9.47 Å². The molecule has 23 heavy (non-hydrogen) atoms. The number of methoxy groups -OCH3 is 1. The average Bonchev–Trinajstić information content (AvgIpc) is 3.03. The third-order valence-electron chi connectivity index (χ3n) is 4.16. The van der Waals surface area contributed by atoms with Crippen LogP contribution in [0.2, 0.25) is 0 Å². The summed E-state index contributed by atoms with van der Waals surface area (Å²) in [5, 5.41) is 0. The highest BCUT2D eigenvalue weighted by molar-refractivity contribution is 5.99. The lowest BCUT2D eigenvalue weighted by Gasteiger charge is -2.29. The number of nitrogens with zero attached hydrogens (tertiary/aromatic N) is 1. The Balaban J connectivity index is 2.09. The van der Waals surface area contributed by atoms with Crippen LogP contribution < -0.4 is 0 Å². The number of esters is 1. The SMILES string of the molecule is CC[C@]1(C(=O)OC)OC(c2ccccc2)=N[C@H]1c1ccccc1. The molecule has 0 saturated heterocycles. The van der Waals surface area contributed by atoms with E-state index in [2.05, 4.69) is 0 Å². The zero-order valence-corrected chi connectivity index (χ0v) is 13.2. The van der Waals surface area contributed by atoms with Crippen LogP contribution in [-0.2, 0) is 14.3 Å². The minimum atomic E-state index is -1.12. The standard InChI is InChI=1S/C19H19NO3/c1-3-19(18(21)22-2)16(14-10-6-4-7-11-14)20-17(23-19)15-12-8-5-9-13-15/h4-13,16H,3H2,1-2H3/t16-,19-/m0/s1. The number of rotatable bonds is 4. The molecule has 0 radical (unpaired) electrons. The lowest BCUT2D eigenvalue weighted by atomic mass is 9.87. The zero-order chi connectivity index (χ0) is 16.3. The van der Waals surface area contributed by atoms with Crippen LogP contribution in [0.25, 0.3) is 0 Å². The van der Waals surface area contributed by atoms with E-state index in [0.29, 0.717) is 12.3 Å². The Morgan fingerprint density at radius 1 is 1.13 bits per heavy atom. The Bertz CT molecular complexity index is 712. The van der Waals surface area contributed by atoms with E-state index in [4.69, 9.17) is 14.5 Å². The van der Waals surface area contributed by atoms with Crippen LogP contribution in [0.3, 0.4) is 0 Å². The van der Waals surface area contributed by atoms with E-state index in [1.807, 2.05) is 67.6 Å². The van der Waals surface area contributed by atoms with Gasteiger partial charge >= 0.3 is 5.97 Å². The predicted molar refractivity (Wildman–Crippen MR) is 88.3 cm³/mol. The van der Waals surface area contributed by atoms with Gasteiger partial charge in [0.25, 0.3) is 0 Å². The first kappa shape index (κ1) is 15.3. The van der Waals surface area contributed by atoms with Gasteiger partial charge in [-0.25, -0.2) is 9.79 Å². The number of hydrogen-bond acceptors (Lipinski definition) is 4. The van der Waals surface area contributed by atoms with Gasteiger partial charge in [-0.1, -0.05) is 55.5 Å². The number of ether oxygens (including phenoxy) is 2. The van der Waals surface area contributed by atoms with Crippen LogP contribution >= 0.6 is 0 Å². The second-order valence-electron chi connectivity index (χ2n) is 5.45. The molecule has 3 rings (SSSR count). The van der Waals surface area contributed by atoms with E-state index in [9.17, 15) is 4.79 Å². The Labute approximate surface area is 135 Å². The molecule has 4 nitrogen and oxygen atoms in total. The van der Waals surface area contributed by atoms with Crippen molar-refractivity contribution < 1.29 is 14.3 Å². The molecule has 0 fully saturated rings. The summed E-state index contributed by atoms with van der Waals surface area (Å²) in [6, 6.07) is 18.9. The molecule has 1 heterocycles. The molecule has 0 aliphatic carbocycles. The molecule has 2 aromatic rings. The molecule has 1 aliphatic heterocycles. The van der Waals surface area contributed by atoms with Gasteiger partial charge in [0.05, 0.1) is 7.11 Å². The lowest BCUT2D eigenvalue weighted by molar-refractivity contribution is -0.161. The highest BCUT2D eigenvalue weighted by Crippen LogP contribution is 2.42. The molecule has 0 spiro atoms. The highest BCUT2D eigenvalue weighted by atomic mass is 16.6. The molecule has 0 bridgehead atoms. The zero-order valence-electron chi connectivity index (χ0n) is 13.2. The van der Waals surface area contributed by atoms with E-state index < -0.39 is 17.6 Å². The molecular formula is C19H19NO3. The van der Waals surface area contributed by atoms with Gasteiger partial charge in [0, 0.05) is 5.56 Å². The van der Waals surface area contributed by atoms with Gasteiger partial charge in [0.2, 0.25) is 11.5 Å². The maximum Gasteiger partial charge on any atom is 0.352 e. The fraction of sp³-hybridized carbons (Fsp3) is 0.263. The molecule has 4 heteroatoms. The topological polar surface area (TPSA) is 47.9 Å². The molecule has 0 saturated carbocycles. The maximum absolute atomic E-state index is 12.5. The first-order chi connectivity index (χ1) is 11.2. The van der Waals surface area contributed by atoms with E-state index in [0.717, 1.165) is 11.1 Å². The van der Waals surface area contributed by atoms with E-state index in [1.165, 1.54) is 7.11 Å². The van der Waals surface area contributed by atoms with Gasteiger partial charge in [-0.3, -0.25) is 0 Å². The van der Waals surface area contributed by atoms with Crippen molar-refractivity contribution in [2.75, 3.05) is 7.11 Å². The fourth-order valence-corrected chi connectivity index (χ4v) is 2.91. The summed E-state index contributed by atoms with van der Waals surface area (Å²) in [5.41, 5.74) is 0.666. The smallest absolute Gasteiger partial charge is 0.352 e. The van der Waals surface area contributed by atoms with Crippen LogP contribution in [-0.4, -0.2) is 24.6 Å². The number of carbonyl (C=O) groups is 1. The summed E-state index contributed by atoms with van der Waals surface area (Å²) in [6.45, 7) is 1.91. The van der Waals surface area contributed by atoms with Crippen molar-refractivity contribution in [2.45, 2.75) is 25.0 Å². The predicted octanol–water partition coefficient (Wildman–Crippen LogP) is 3.53. The minimum absolute atomic E-state index is 0.400. The Morgan fingerprint density at radius 3 is 2.30 bits per heavy atom. The Kier molecular flexibility index (Phi) is 4.15. The van der Waals surface area contributed by atoms with Crippen LogP contribution in [0.15, 0.2) is 65.7 Å². The normalized spacial score (nSPS) is 23.0. The third-order valence-corrected chi connectivity index (χ3v) is 4.16. The van der Waals surface area contributed by atoms with Gasteiger partial charge in [0.1, 0.15) is 6.04 Å². The van der Waals surface area contributed by atoms with Crippen LogP contribution in [0.4, 0.5) is 0 Å². The van der Waals surface area contributed by atoms with Gasteiger partial charge in [-0.2, -0.15) is 0 Å². The summed E-state index contributed by atoms with van der Waals surface area (Å²) in [7, 11) is 1.38. The second-order valence-corrected chi connectivity index (χ2v) is 5.45. The first-order valence-corrected chi connectivity index (χ1v) is 7.67. The molecule has 2 atom stereocenters. The van der Waals surface area contributed by atoms with Gasteiger partial charge in [0.15, 0.2) is 0 Å². The third kappa shape index (κ3) is 2.61. The quantitative estimate of drug-likeness (QED) is 0.812. The Morgan fingerprint density at radius 2 is 1.74 bits per heavy atom. The van der Waals surface area contributed by atoms with Crippen molar-refractivity contribution in [3.63, 3.8) is 0 Å². The van der Waals surface area contributed by atoms with Gasteiger partial charge in [-0.15, -0.1) is 0 Å². The van der Waals surface area contributed by atoms with E-state index >= 15 is 0 Å². The van der Waals surface area contributed by atoms with E-state index in [1.54, 1.807) is 0 Å². The maximum atomic E-state index is 12.5. The molecule has 0 amide bonds. The Hall–Kier alpha value is -2.62. The summed E-state index contributed by atoms with van der Waals surface area (Å²) in [5.74, 6) is 0.0789. The number of hydrogen-bond donors (Lipinski definition) is 0. The number of aliphatic imine (C=N–C) groups is 1. The molecule has 1 aliphatic rings. The highest BCUT2D eigenvalue weighted by Gasteiger charge is 2.53. The number of carbonyl (C=O) groups excluding carboxylic acids is 1. The molecule has 2 aromatic carbocycles. The summed E-state index contributed by atoms with van der Waals surface area (Å²) in [4.78, 5) is 17.2. The molecular weight excluding hydrogens is 290 g/mol. The van der Waals surface area contributed by atoms with Crippen molar-refractivity contribution in [2.24, 2.45) is 4.99 Å². The summed E-state index contributed by atoms with van der Waals surface area (Å²) < 4.78 is 11.1. The largest absolute Gasteiger partial charge is 0.466 e. The van der Waals surface area contributed by atoms with Gasteiger partial charge in [-0.05, 0) is 24.1 Å². The minimum Gasteiger partial charge on any atom is -0.466 e. The van der Waals surface area contributed by atoms with Crippen molar-refractivity contribution in [3.05, 3.63) is 71.8 Å². The summed E-state index contributed by atoms with van der Waals surface area (Å²) >= 11 is 0. The first-order valence-electron chi connectivity index (χ1n) is 7.67. The number of benzene rings is 2. The average molecular weight is 309 g/mol. The molecule has 0 unspecified atom stereocenters. The van der Waals surface area contributed by atoms with Crippen LogP contribution in [0.1, 0.15) is 30.5 Å². The van der Waals surface area contributed by atoms with E-state index in [-0.39, 0.29) is 0 Å². The van der Waals surface area contributed by atoms with Crippen molar-refractivity contribution in [3.8, 4) is 0 Å².